The van der Waals surface area contributed by atoms with Gasteiger partial charge in [-0.25, -0.2) is 9.59 Å². The van der Waals surface area contributed by atoms with E-state index in [1.165, 1.54) is 50.6 Å². The van der Waals surface area contributed by atoms with E-state index >= 15 is 0 Å². The van der Waals surface area contributed by atoms with Crippen LogP contribution in [0.25, 0.3) is 0 Å². The first-order valence-corrected chi connectivity index (χ1v) is 9.84. The van der Waals surface area contributed by atoms with Crippen molar-refractivity contribution in [1.29, 1.82) is 0 Å². The third kappa shape index (κ3) is 3.28. The summed E-state index contributed by atoms with van der Waals surface area (Å²) < 4.78 is 10.2. The van der Waals surface area contributed by atoms with E-state index in [1.807, 2.05) is 0 Å². The zero-order valence-electron chi connectivity index (χ0n) is 15.9. The summed E-state index contributed by atoms with van der Waals surface area (Å²) in [5.41, 5.74) is 0.419. The van der Waals surface area contributed by atoms with Crippen molar-refractivity contribution in [1.82, 2.24) is 0 Å². The highest BCUT2D eigenvalue weighted by atomic mass is 16.5. The number of carbonyl (C=O) groups is 3. The number of Topliss-reactive ketones (excluding diaryl/α,β-unsaturated/α-hetero) is 1. The molecule has 27 heavy (non-hydrogen) atoms. The maximum absolute atomic E-state index is 13.2. The molecule has 4 fully saturated rings. The summed E-state index contributed by atoms with van der Waals surface area (Å²) >= 11 is 0. The van der Waals surface area contributed by atoms with E-state index in [0.29, 0.717) is 28.9 Å². The Balaban J connectivity index is 1.42. The van der Waals surface area contributed by atoms with Gasteiger partial charge in [-0.15, -0.1) is 0 Å². The van der Waals surface area contributed by atoms with E-state index in [-0.39, 0.29) is 11.2 Å². The molecule has 0 aromatic heterocycles. The third-order valence-electron chi connectivity index (χ3n) is 6.76. The van der Waals surface area contributed by atoms with E-state index in [1.54, 1.807) is 6.92 Å². The van der Waals surface area contributed by atoms with Gasteiger partial charge in [0, 0.05) is 5.41 Å². The van der Waals surface area contributed by atoms with Crippen LogP contribution in [0.1, 0.15) is 66.2 Å². The van der Waals surface area contributed by atoms with Crippen LogP contribution >= 0.6 is 0 Å². The molecule has 0 radical (unpaired) electrons. The fraction of sp³-hybridized carbons (Fsp3) is 0.591. The van der Waals surface area contributed by atoms with Crippen LogP contribution in [0.2, 0.25) is 0 Å². The van der Waals surface area contributed by atoms with Crippen molar-refractivity contribution < 1.29 is 23.9 Å². The number of esters is 2. The van der Waals surface area contributed by atoms with E-state index in [4.69, 9.17) is 4.74 Å². The maximum atomic E-state index is 13.2. The summed E-state index contributed by atoms with van der Waals surface area (Å²) in [6, 6.07) is 6.09. The van der Waals surface area contributed by atoms with Gasteiger partial charge in [-0.3, -0.25) is 4.79 Å². The molecule has 0 unspecified atom stereocenters. The van der Waals surface area contributed by atoms with Crippen molar-refractivity contribution in [2.45, 2.75) is 51.6 Å². The molecule has 0 saturated heterocycles. The van der Waals surface area contributed by atoms with Crippen LogP contribution in [0.3, 0.4) is 0 Å². The molecule has 4 bridgehead atoms. The van der Waals surface area contributed by atoms with Gasteiger partial charge in [0.2, 0.25) is 0 Å². The number of hydrogen-bond acceptors (Lipinski definition) is 5. The monoisotopic (exact) mass is 370 g/mol. The molecule has 1 aromatic rings. The van der Waals surface area contributed by atoms with Crippen LogP contribution in [-0.2, 0) is 14.3 Å². The number of hydrogen-bond donors (Lipinski definition) is 0. The Morgan fingerprint density at radius 3 is 1.78 bits per heavy atom. The van der Waals surface area contributed by atoms with Crippen LogP contribution in [0.15, 0.2) is 24.3 Å². The largest absolute Gasteiger partial charge is 0.465 e. The second-order valence-corrected chi connectivity index (χ2v) is 8.68. The Bertz CT molecular complexity index is 728. The SMILES string of the molecule is COC(=O)c1ccc(C(=O)O[C@@H](C)C(=O)C23CC4CC(CC(C4)C2)C3)cc1. The van der Waals surface area contributed by atoms with Crippen molar-refractivity contribution in [3.63, 3.8) is 0 Å². The molecular weight excluding hydrogens is 344 g/mol. The minimum Gasteiger partial charge on any atom is -0.465 e. The van der Waals surface area contributed by atoms with Gasteiger partial charge in [0.1, 0.15) is 0 Å². The Kier molecular flexibility index (Phi) is 4.57. The third-order valence-corrected chi connectivity index (χ3v) is 6.76. The van der Waals surface area contributed by atoms with E-state index in [0.717, 1.165) is 19.3 Å². The topological polar surface area (TPSA) is 69.7 Å². The summed E-state index contributed by atoms with van der Waals surface area (Å²) in [6.07, 6.45) is 5.97. The number of ketones is 1. The molecule has 1 atom stereocenters. The number of methoxy groups -OCH3 is 1. The summed E-state index contributed by atoms with van der Waals surface area (Å²) in [5.74, 6) is 1.13. The van der Waals surface area contributed by atoms with Gasteiger partial charge < -0.3 is 9.47 Å². The predicted molar refractivity (Wildman–Crippen MR) is 98.3 cm³/mol. The molecule has 0 N–H and O–H groups in total. The van der Waals surface area contributed by atoms with Crippen LogP contribution in [-0.4, -0.2) is 30.9 Å². The Labute approximate surface area is 159 Å². The summed E-state index contributed by atoms with van der Waals surface area (Å²) in [6.45, 7) is 1.70. The zero-order valence-corrected chi connectivity index (χ0v) is 15.9. The second kappa shape index (κ2) is 6.77. The molecule has 0 spiro atoms. The average molecular weight is 370 g/mol. The lowest BCUT2D eigenvalue weighted by Crippen LogP contribution is -2.52. The molecule has 4 aliphatic carbocycles. The number of rotatable bonds is 5. The van der Waals surface area contributed by atoms with Gasteiger partial charge in [0.05, 0.1) is 18.2 Å². The lowest BCUT2D eigenvalue weighted by molar-refractivity contribution is -0.152. The lowest BCUT2D eigenvalue weighted by atomic mass is 9.48. The Morgan fingerprint density at radius 2 is 1.33 bits per heavy atom. The van der Waals surface area contributed by atoms with Crippen molar-refractivity contribution in [2.75, 3.05) is 7.11 Å². The molecule has 144 valence electrons. The van der Waals surface area contributed by atoms with Gasteiger partial charge in [-0.1, -0.05) is 0 Å². The van der Waals surface area contributed by atoms with Crippen LogP contribution in [0, 0.1) is 23.2 Å². The fourth-order valence-electron chi connectivity index (χ4n) is 5.99. The molecule has 0 amide bonds. The second-order valence-electron chi connectivity index (χ2n) is 8.68. The first-order valence-electron chi connectivity index (χ1n) is 9.84. The average Bonchev–Trinajstić information content (AvgIpc) is 2.65. The van der Waals surface area contributed by atoms with Gasteiger partial charge >= 0.3 is 11.9 Å². The Morgan fingerprint density at radius 1 is 0.889 bits per heavy atom. The highest BCUT2D eigenvalue weighted by Gasteiger charge is 2.55. The van der Waals surface area contributed by atoms with Crippen molar-refractivity contribution >= 4 is 17.7 Å². The predicted octanol–water partition coefficient (Wildman–Crippen LogP) is 3.80. The van der Waals surface area contributed by atoms with Crippen molar-refractivity contribution in [3.05, 3.63) is 35.4 Å². The molecule has 1 aromatic carbocycles. The highest BCUT2D eigenvalue weighted by Crippen LogP contribution is 2.60. The van der Waals surface area contributed by atoms with Crippen LogP contribution in [0.5, 0.6) is 0 Å². The van der Waals surface area contributed by atoms with Gasteiger partial charge in [0.15, 0.2) is 11.9 Å². The van der Waals surface area contributed by atoms with E-state index in [9.17, 15) is 14.4 Å². The Hall–Kier alpha value is -2.17. The van der Waals surface area contributed by atoms with E-state index in [2.05, 4.69) is 4.74 Å². The minimum absolute atomic E-state index is 0.0983. The number of carbonyl (C=O) groups excluding carboxylic acids is 3. The van der Waals surface area contributed by atoms with Crippen molar-refractivity contribution in [3.8, 4) is 0 Å². The van der Waals surface area contributed by atoms with E-state index < -0.39 is 18.0 Å². The molecule has 4 saturated carbocycles. The standard InChI is InChI=1S/C22H26O5/c1-13(27-21(25)18-5-3-17(4-6-18)20(24)26-2)19(23)22-10-14-7-15(11-22)9-16(8-14)12-22/h3-6,13-16H,7-12H2,1-2H3/t13-,14?,15?,16?,22?/m0/s1. The lowest BCUT2D eigenvalue weighted by Gasteiger charge is -2.56. The molecule has 0 aliphatic heterocycles. The molecule has 5 nitrogen and oxygen atoms in total. The van der Waals surface area contributed by atoms with Gasteiger partial charge in [-0.05, 0) is 87.5 Å². The summed E-state index contributed by atoms with van der Waals surface area (Å²) in [4.78, 5) is 37.1. The number of ether oxygens (including phenoxy) is 2. The highest BCUT2D eigenvalue weighted by molar-refractivity contribution is 5.96. The quantitative estimate of drug-likeness (QED) is 0.737. The number of benzene rings is 1. The van der Waals surface area contributed by atoms with Crippen LogP contribution in [0.4, 0.5) is 0 Å². The first kappa shape index (κ1) is 18.2. The maximum Gasteiger partial charge on any atom is 0.338 e. The molecular formula is C22H26O5. The zero-order chi connectivity index (χ0) is 19.2. The normalized spacial score (nSPS) is 32.0. The summed E-state index contributed by atoms with van der Waals surface area (Å²) in [5, 5.41) is 0. The van der Waals surface area contributed by atoms with Gasteiger partial charge in [0.25, 0.3) is 0 Å². The fourth-order valence-corrected chi connectivity index (χ4v) is 5.99. The first-order chi connectivity index (χ1) is 12.9. The molecule has 4 aliphatic rings. The molecule has 5 heteroatoms. The van der Waals surface area contributed by atoms with Crippen molar-refractivity contribution in [2.24, 2.45) is 23.2 Å². The van der Waals surface area contributed by atoms with Crippen LogP contribution < -0.4 is 0 Å². The molecule has 5 rings (SSSR count). The minimum atomic E-state index is -0.742. The molecule has 0 heterocycles. The smallest absolute Gasteiger partial charge is 0.338 e. The van der Waals surface area contributed by atoms with Gasteiger partial charge in [-0.2, -0.15) is 0 Å². The summed E-state index contributed by atoms with van der Waals surface area (Å²) in [7, 11) is 1.31.